The summed E-state index contributed by atoms with van der Waals surface area (Å²) in [5, 5.41) is 0. The van der Waals surface area contributed by atoms with E-state index in [9.17, 15) is 4.79 Å². The Morgan fingerprint density at radius 3 is 2.92 bits per heavy atom. The fourth-order valence-electron chi connectivity index (χ4n) is 3.10. The first kappa shape index (κ1) is 20.8. The van der Waals surface area contributed by atoms with Gasteiger partial charge in [0.25, 0.3) is 0 Å². The van der Waals surface area contributed by atoms with Gasteiger partial charge < -0.3 is 15.4 Å². The van der Waals surface area contributed by atoms with E-state index in [0.717, 1.165) is 44.5 Å². The predicted molar refractivity (Wildman–Crippen MR) is 101 cm³/mol. The topological polar surface area (TPSA) is 55.6 Å². The standard InChI is InChI=1S/C19H30N2O2.ClH/c1-15-7-5-9-18(13-15)23-12-4-3-10-19(22)21-11-6-8-17(14-21)16(2)20;/h5,7,9,13,16-17H,3-4,6,8,10-12,14,20H2,1-2H3;1H. The van der Waals surface area contributed by atoms with Crippen LogP contribution in [0.3, 0.4) is 0 Å². The van der Waals surface area contributed by atoms with Gasteiger partial charge in [0, 0.05) is 25.6 Å². The Morgan fingerprint density at radius 1 is 1.42 bits per heavy atom. The smallest absolute Gasteiger partial charge is 0.222 e. The maximum atomic E-state index is 12.3. The van der Waals surface area contributed by atoms with E-state index in [1.165, 1.54) is 5.56 Å². The lowest BCUT2D eigenvalue weighted by Gasteiger charge is -2.34. The van der Waals surface area contributed by atoms with Crippen molar-refractivity contribution in [1.29, 1.82) is 0 Å². The van der Waals surface area contributed by atoms with Gasteiger partial charge in [0.05, 0.1) is 6.61 Å². The highest BCUT2D eigenvalue weighted by molar-refractivity contribution is 5.85. The second kappa shape index (κ2) is 10.6. The highest BCUT2D eigenvalue weighted by atomic mass is 35.5. The van der Waals surface area contributed by atoms with Crippen LogP contribution in [-0.2, 0) is 4.79 Å². The first-order chi connectivity index (χ1) is 11.1. The number of aryl methyl sites for hydroxylation is 1. The number of unbranched alkanes of at least 4 members (excludes halogenated alkanes) is 1. The monoisotopic (exact) mass is 354 g/mol. The summed E-state index contributed by atoms with van der Waals surface area (Å²) in [6, 6.07) is 8.24. The van der Waals surface area contributed by atoms with Crippen LogP contribution >= 0.6 is 12.4 Å². The van der Waals surface area contributed by atoms with Gasteiger partial charge in [-0.25, -0.2) is 0 Å². The van der Waals surface area contributed by atoms with E-state index in [0.29, 0.717) is 18.9 Å². The summed E-state index contributed by atoms with van der Waals surface area (Å²) in [5.41, 5.74) is 7.18. The molecule has 1 amide bonds. The Balaban J connectivity index is 0.00000288. The second-order valence-electron chi connectivity index (χ2n) is 6.72. The highest BCUT2D eigenvalue weighted by Gasteiger charge is 2.25. The van der Waals surface area contributed by atoms with Gasteiger partial charge in [0.2, 0.25) is 5.91 Å². The fraction of sp³-hybridized carbons (Fsp3) is 0.632. The van der Waals surface area contributed by atoms with E-state index in [1.54, 1.807) is 0 Å². The SMILES string of the molecule is Cc1cccc(OCCCCC(=O)N2CCCC(C(C)N)C2)c1.Cl. The van der Waals surface area contributed by atoms with Crippen molar-refractivity contribution in [3.05, 3.63) is 29.8 Å². The molecule has 136 valence electrons. The van der Waals surface area contributed by atoms with Crippen molar-refractivity contribution < 1.29 is 9.53 Å². The molecule has 2 N–H and O–H groups in total. The maximum Gasteiger partial charge on any atom is 0.222 e. The molecule has 1 aromatic rings. The molecular formula is C19H31ClN2O2. The number of hydrogen-bond donors (Lipinski definition) is 1. The number of piperidine rings is 1. The zero-order valence-corrected chi connectivity index (χ0v) is 15.7. The van der Waals surface area contributed by atoms with Crippen molar-refractivity contribution >= 4 is 18.3 Å². The van der Waals surface area contributed by atoms with Crippen LogP contribution in [0, 0.1) is 12.8 Å². The number of hydrogen-bond acceptors (Lipinski definition) is 3. The van der Waals surface area contributed by atoms with Crippen LogP contribution in [0.25, 0.3) is 0 Å². The summed E-state index contributed by atoms with van der Waals surface area (Å²) in [5.74, 6) is 1.63. The third-order valence-corrected chi connectivity index (χ3v) is 4.60. The first-order valence-electron chi connectivity index (χ1n) is 8.79. The van der Waals surface area contributed by atoms with Gasteiger partial charge in [0.15, 0.2) is 0 Å². The van der Waals surface area contributed by atoms with Crippen molar-refractivity contribution in [3.63, 3.8) is 0 Å². The third kappa shape index (κ3) is 6.70. The molecule has 2 unspecified atom stereocenters. The summed E-state index contributed by atoms with van der Waals surface area (Å²) in [6.45, 7) is 6.48. The zero-order chi connectivity index (χ0) is 16.7. The molecule has 2 rings (SSSR count). The van der Waals surface area contributed by atoms with E-state index in [-0.39, 0.29) is 24.4 Å². The molecule has 0 radical (unpaired) electrons. The molecule has 2 atom stereocenters. The molecule has 4 nitrogen and oxygen atoms in total. The van der Waals surface area contributed by atoms with Gasteiger partial charge >= 0.3 is 0 Å². The number of benzene rings is 1. The molecular weight excluding hydrogens is 324 g/mol. The van der Waals surface area contributed by atoms with E-state index in [2.05, 4.69) is 13.0 Å². The number of halogens is 1. The van der Waals surface area contributed by atoms with Crippen LogP contribution in [0.5, 0.6) is 5.75 Å². The van der Waals surface area contributed by atoms with E-state index < -0.39 is 0 Å². The summed E-state index contributed by atoms with van der Waals surface area (Å²) >= 11 is 0. The number of carbonyl (C=O) groups is 1. The Bertz CT molecular complexity index is 508. The fourth-order valence-corrected chi connectivity index (χ4v) is 3.10. The Morgan fingerprint density at radius 2 is 2.21 bits per heavy atom. The van der Waals surface area contributed by atoms with Crippen molar-refractivity contribution in [2.75, 3.05) is 19.7 Å². The van der Waals surface area contributed by atoms with Crippen molar-refractivity contribution in [2.24, 2.45) is 11.7 Å². The number of nitrogens with zero attached hydrogens (tertiary/aromatic N) is 1. The maximum absolute atomic E-state index is 12.3. The lowest BCUT2D eigenvalue weighted by atomic mass is 9.92. The number of carbonyl (C=O) groups excluding carboxylic acids is 1. The third-order valence-electron chi connectivity index (χ3n) is 4.60. The molecule has 5 heteroatoms. The minimum Gasteiger partial charge on any atom is -0.494 e. The Kier molecular flexibility index (Phi) is 9.16. The van der Waals surface area contributed by atoms with Gasteiger partial charge in [-0.1, -0.05) is 12.1 Å². The van der Waals surface area contributed by atoms with Crippen LogP contribution in [0.4, 0.5) is 0 Å². The predicted octanol–water partition coefficient (Wildman–Crippen LogP) is 3.55. The van der Waals surface area contributed by atoms with E-state index >= 15 is 0 Å². The normalized spacial score (nSPS) is 18.6. The lowest BCUT2D eigenvalue weighted by molar-refractivity contribution is -0.133. The summed E-state index contributed by atoms with van der Waals surface area (Å²) in [4.78, 5) is 14.3. The van der Waals surface area contributed by atoms with E-state index in [4.69, 9.17) is 10.5 Å². The summed E-state index contributed by atoms with van der Waals surface area (Å²) in [7, 11) is 0. The van der Waals surface area contributed by atoms with Crippen LogP contribution in [-0.4, -0.2) is 36.5 Å². The van der Waals surface area contributed by atoms with Crippen LogP contribution in [0.2, 0.25) is 0 Å². The van der Waals surface area contributed by atoms with Gasteiger partial charge in [-0.3, -0.25) is 4.79 Å². The molecule has 0 aromatic heterocycles. The Labute approximate surface area is 152 Å². The zero-order valence-electron chi connectivity index (χ0n) is 14.9. The molecule has 0 spiro atoms. The molecule has 0 bridgehead atoms. The summed E-state index contributed by atoms with van der Waals surface area (Å²) in [6.07, 6.45) is 4.62. The average molecular weight is 355 g/mol. The van der Waals surface area contributed by atoms with Gasteiger partial charge in [-0.15, -0.1) is 12.4 Å². The molecule has 1 aliphatic rings. The highest BCUT2D eigenvalue weighted by Crippen LogP contribution is 2.20. The average Bonchev–Trinajstić information content (AvgIpc) is 2.54. The largest absolute Gasteiger partial charge is 0.494 e. The molecule has 1 heterocycles. The van der Waals surface area contributed by atoms with Gasteiger partial charge in [0.1, 0.15) is 5.75 Å². The van der Waals surface area contributed by atoms with Crippen molar-refractivity contribution in [1.82, 2.24) is 4.90 Å². The number of ether oxygens (including phenoxy) is 1. The van der Waals surface area contributed by atoms with E-state index in [1.807, 2.05) is 30.0 Å². The minimum absolute atomic E-state index is 0. The van der Waals surface area contributed by atoms with Gasteiger partial charge in [-0.2, -0.15) is 0 Å². The molecule has 1 fully saturated rings. The molecule has 24 heavy (non-hydrogen) atoms. The van der Waals surface area contributed by atoms with Crippen LogP contribution in [0.1, 0.15) is 44.6 Å². The van der Waals surface area contributed by atoms with Crippen molar-refractivity contribution in [3.8, 4) is 5.75 Å². The van der Waals surface area contributed by atoms with Crippen molar-refractivity contribution in [2.45, 2.75) is 52.0 Å². The minimum atomic E-state index is 0. The number of nitrogens with two attached hydrogens (primary N) is 1. The quantitative estimate of drug-likeness (QED) is 0.762. The second-order valence-corrected chi connectivity index (χ2v) is 6.72. The number of amides is 1. The van der Waals surface area contributed by atoms with Crippen LogP contribution in [0.15, 0.2) is 24.3 Å². The first-order valence-corrected chi connectivity index (χ1v) is 8.79. The molecule has 1 aliphatic heterocycles. The Hall–Kier alpha value is -1.26. The molecule has 1 aromatic carbocycles. The molecule has 0 saturated carbocycles. The lowest BCUT2D eigenvalue weighted by Crippen LogP contribution is -2.45. The molecule has 1 saturated heterocycles. The summed E-state index contributed by atoms with van der Waals surface area (Å²) < 4.78 is 5.72. The number of likely N-dealkylation sites (tertiary alicyclic amines) is 1. The van der Waals surface area contributed by atoms with Crippen LogP contribution < -0.4 is 10.5 Å². The van der Waals surface area contributed by atoms with Gasteiger partial charge in [-0.05, 0) is 63.1 Å². The molecule has 0 aliphatic carbocycles. The number of rotatable bonds is 7.